The molecule has 4 heteroatoms. The maximum absolute atomic E-state index is 5.96. The van der Waals surface area contributed by atoms with Gasteiger partial charge in [0.25, 0.3) is 0 Å². The number of hydrogen-bond acceptors (Lipinski definition) is 4. The topological polar surface area (TPSA) is 36.9 Å². The summed E-state index contributed by atoms with van der Waals surface area (Å²) in [6, 6.07) is 0. The first-order valence-corrected chi connectivity index (χ1v) is 11.4. The van der Waals surface area contributed by atoms with Gasteiger partial charge < -0.3 is 18.9 Å². The van der Waals surface area contributed by atoms with Crippen molar-refractivity contribution >= 4 is 0 Å². The van der Waals surface area contributed by atoms with Crippen molar-refractivity contribution in [3.05, 3.63) is 0 Å². The second-order valence-electron chi connectivity index (χ2n) is 8.51. The van der Waals surface area contributed by atoms with Crippen molar-refractivity contribution in [3.8, 4) is 0 Å². The van der Waals surface area contributed by atoms with Gasteiger partial charge in [0.1, 0.15) is 0 Å². The molecule has 0 aromatic heterocycles. The largest absolute Gasteiger partial charge is 0.348 e. The Morgan fingerprint density at radius 2 is 1.00 bits per heavy atom. The van der Waals surface area contributed by atoms with E-state index >= 15 is 0 Å². The number of ether oxygens (including phenoxy) is 4. The van der Waals surface area contributed by atoms with Crippen LogP contribution < -0.4 is 0 Å². The Balaban J connectivity index is 1.25. The first kappa shape index (κ1) is 20.6. The van der Waals surface area contributed by atoms with E-state index in [1.165, 1.54) is 77.0 Å². The molecule has 0 amide bonds. The summed E-state index contributed by atoms with van der Waals surface area (Å²) >= 11 is 0. The van der Waals surface area contributed by atoms with E-state index in [1.807, 2.05) is 0 Å². The molecule has 0 aromatic carbocycles. The first-order valence-electron chi connectivity index (χ1n) is 11.4. The molecule has 2 atom stereocenters. The molecule has 0 radical (unpaired) electrons. The van der Waals surface area contributed by atoms with E-state index in [1.54, 1.807) is 0 Å². The number of hydrogen-bond donors (Lipinski definition) is 0. The third kappa shape index (κ3) is 7.46. The summed E-state index contributed by atoms with van der Waals surface area (Å²) in [5.74, 6) is 1.84. The van der Waals surface area contributed by atoms with Crippen LogP contribution in [-0.2, 0) is 18.9 Å². The second-order valence-corrected chi connectivity index (χ2v) is 8.51. The average molecular weight is 369 g/mol. The van der Waals surface area contributed by atoms with Crippen molar-refractivity contribution in [1.82, 2.24) is 0 Å². The lowest BCUT2D eigenvalue weighted by molar-refractivity contribution is -0.320. The predicted molar refractivity (Wildman–Crippen MR) is 103 cm³/mol. The van der Waals surface area contributed by atoms with Crippen LogP contribution in [0.3, 0.4) is 0 Å². The van der Waals surface area contributed by atoms with Gasteiger partial charge in [0.2, 0.25) is 12.6 Å². The van der Waals surface area contributed by atoms with Crippen LogP contribution in [0.5, 0.6) is 0 Å². The molecule has 152 valence electrons. The van der Waals surface area contributed by atoms with Crippen LogP contribution in [0, 0.1) is 11.8 Å². The molecule has 0 spiro atoms. The molecule has 3 rings (SSSR count). The minimum atomic E-state index is -0.343. The molecule has 4 nitrogen and oxygen atoms in total. The number of rotatable bonds is 10. The minimum Gasteiger partial charge on any atom is -0.348 e. The SMILES string of the molecule is C1CCC(CCCO[C@H]2OCCO[C@@H]2OCCCC2CCCCC2)CC1. The zero-order chi connectivity index (χ0) is 17.9. The molecule has 3 fully saturated rings. The molecule has 1 aliphatic heterocycles. The molecule has 1 heterocycles. The molecule has 0 unspecified atom stereocenters. The first-order chi connectivity index (χ1) is 12.9. The highest BCUT2D eigenvalue weighted by Gasteiger charge is 2.28. The van der Waals surface area contributed by atoms with Crippen LogP contribution >= 0.6 is 0 Å². The Labute approximate surface area is 160 Å². The molecule has 2 saturated carbocycles. The lowest BCUT2D eigenvalue weighted by Gasteiger charge is -2.32. The van der Waals surface area contributed by atoms with Crippen LogP contribution in [0.1, 0.15) is 89.9 Å². The summed E-state index contributed by atoms with van der Waals surface area (Å²) in [6.45, 7) is 2.73. The Hall–Kier alpha value is -0.160. The lowest BCUT2D eigenvalue weighted by Crippen LogP contribution is -2.42. The van der Waals surface area contributed by atoms with Crippen molar-refractivity contribution in [2.75, 3.05) is 26.4 Å². The van der Waals surface area contributed by atoms with Crippen LogP contribution in [0.15, 0.2) is 0 Å². The van der Waals surface area contributed by atoms with E-state index in [-0.39, 0.29) is 12.6 Å². The van der Waals surface area contributed by atoms with Crippen molar-refractivity contribution in [2.24, 2.45) is 11.8 Å². The van der Waals surface area contributed by atoms with Crippen LogP contribution in [0.4, 0.5) is 0 Å². The molecule has 2 aliphatic carbocycles. The van der Waals surface area contributed by atoms with E-state index in [0.717, 1.165) is 37.9 Å². The lowest BCUT2D eigenvalue weighted by atomic mass is 9.86. The van der Waals surface area contributed by atoms with Crippen LogP contribution in [0.25, 0.3) is 0 Å². The van der Waals surface area contributed by atoms with Gasteiger partial charge in [-0.05, 0) is 37.5 Å². The van der Waals surface area contributed by atoms with Crippen molar-refractivity contribution in [3.63, 3.8) is 0 Å². The molecular weight excluding hydrogens is 328 g/mol. The zero-order valence-corrected chi connectivity index (χ0v) is 16.7. The van der Waals surface area contributed by atoms with E-state index in [4.69, 9.17) is 18.9 Å². The van der Waals surface area contributed by atoms with E-state index < -0.39 is 0 Å². The maximum atomic E-state index is 5.96. The highest BCUT2D eigenvalue weighted by Crippen LogP contribution is 2.28. The normalized spacial score (nSPS) is 29.1. The molecule has 1 saturated heterocycles. The Morgan fingerprint density at radius 3 is 1.42 bits per heavy atom. The van der Waals surface area contributed by atoms with E-state index in [9.17, 15) is 0 Å². The predicted octanol–water partition coefficient (Wildman–Crippen LogP) is 5.44. The Morgan fingerprint density at radius 1 is 0.577 bits per heavy atom. The zero-order valence-electron chi connectivity index (χ0n) is 16.7. The maximum Gasteiger partial charge on any atom is 0.209 e. The summed E-state index contributed by atoms with van der Waals surface area (Å²) in [5, 5.41) is 0. The van der Waals surface area contributed by atoms with E-state index in [2.05, 4.69) is 0 Å². The molecule has 0 N–H and O–H groups in total. The van der Waals surface area contributed by atoms with Gasteiger partial charge in [-0.2, -0.15) is 0 Å². The molecule has 3 aliphatic rings. The monoisotopic (exact) mass is 368 g/mol. The van der Waals surface area contributed by atoms with Gasteiger partial charge in [-0.25, -0.2) is 0 Å². The molecule has 0 bridgehead atoms. The van der Waals surface area contributed by atoms with Gasteiger partial charge in [0.05, 0.1) is 13.2 Å². The van der Waals surface area contributed by atoms with Crippen molar-refractivity contribution < 1.29 is 18.9 Å². The van der Waals surface area contributed by atoms with Crippen molar-refractivity contribution in [2.45, 2.75) is 102 Å². The summed E-state index contributed by atoms with van der Waals surface area (Å²) in [4.78, 5) is 0. The molecular formula is C22H40O4. The van der Waals surface area contributed by atoms with Gasteiger partial charge in [-0.1, -0.05) is 64.2 Å². The fourth-order valence-corrected chi connectivity index (χ4v) is 4.83. The highest BCUT2D eigenvalue weighted by atomic mass is 16.8. The van der Waals surface area contributed by atoms with Crippen LogP contribution in [0.2, 0.25) is 0 Å². The van der Waals surface area contributed by atoms with Gasteiger partial charge in [-0.3, -0.25) is 0 Å². The van der Waals surface area contributed by atoms with Gasteiger partial charge in [-0.15, -0.1) is 0 Å². The summed E-state index contributed by atoms with van der Waals surface area (Å²) in [5.41, 5.74) is 0. The average Bonchev–Trinajstić information content (AvgIpc) is 2.71. The second kappa shape index (κ2) is 12.3. The fraction of sp³-hybridized carbons (Fsp3) is 1.00. The van der Waals surface area contributed by atoms with E-state index in [0.29, 0.717) is 13.2 Å². The van der Waals surface area contributed by atoms with Crippen molar-refractivity contribution in [1.29, 1.82) is 0 Å². The summed E-state index contributed by atoms with van der Waals surface area (Å²) < 4.78 is 23.4. The third-order valence-corrected chi connectivity index (χ3v) is 6.40. The third-order valence-electron chi connectivity index (χ3n) is 6.40. The Kier molecular flexibility index (Phi) is 9.75. The standard InChI is InChI=1S/C22H40O4/c1-3-9-19(10-4-1)13-7-15-23-21-22(26-18-17-25-21)24-16-8-14-20-11-5-2-6-12-20/h19-22H,1-18H2/t21-,22-/m0/s1. The molecule has 26 heavy (non-hydrogen) atoms. The summed E-state index contributed by atoms with van der Waals surface area (Å²) in [6.07, 6.45) is 18.3. The van der Waals surface area contributed by atoms with Gasteiger partial charge in [0.15, 0.2) is 0 Å². The fourth-order valence-electron chi connectivity index (χ4n) is 4.83. The highest BCUT2D eigenvalue weighted by molar-refractivity contribution is 4.67. The Bertz CT molecular complexity index is 316. The van der Waals surface area contributed by atoms with Gasteiger partial charge >= 0.3 is 0 Å². The smallest absolute Gasteiger partial charge is 0.209 e. The summed E-state index contributed by atoms with van der Waals surface area (Å²) in [7, 11) is 0. The van der Waals surface area contributed by atoms with Crippen LogP contribution in [-0.4, -0.2) is 39.0 Å². The molecule has 0 aromatic rings. The quantitative estimate of drug-likeness (QED) is 0.481. The minimum absolute atomic E-state index is 0.343. The van der Waals surface area contributed by atoms with Gasteiger partial charge in [0, 0.05) is 13.2 Å².